The summed E-state index contributed by atoms with van der Waals surface area (Å²) < 4.78 is 12.4. The number of rotatable bonds is 15. The van der Waals surface area contributed by atoms with Crippen LogP contribution in [-0.4, -0.2) is 38.0 Å². The molecular weight excluding hydrogens is 274 g/mol. The average Bonchev–Trinajstić information content (AvgIpc) is 2.51. The first-order valence-corrected chi connectivity index (χ1v) is 9.37. The van der Waals surface area contributed by atoms with Gasteiger partial charge in [0.25, 0.3) is 0 Å². The fourth-order valence-electron chi connectivity index (χ4n) is 2.71. The van der Waals surface area contributed by atoms with Crippen molar-refractivity contribution in [1.29, 1.82) is 0 Å². The van der Waals surface area contributed by atoms with Crippen LogP contribution < -0.4 is 5.32 Å². The van der Waals surface area contributed by atoms with Gasteiger partial charge in [0, 0.05) is 6.61 Å². The van der Waals surface area contributed by atoms with Crippen LogP contribution in [0.5, 0.6) is 0 Å². The molecule has 0 spiro atoms. The molecular formula is C19H41NO2. The van der Waals surface area contributed by atoms with Gasteiger partial charge < -0.3 is 14.8 Å². The van der Waals surface area contributed by atoms with Crippen molar-refractivity contribution in [2.24, 2.45) is 0 Å². The van der Waals surface area contributed by atoms with Gasteiger partial charge in [-0.2, -0.15) is 0 Å². The molecule has 0 aromatic carbocycles. The highest BCUT2D eigenvalue weighted by Gasteiger charge is 2.28. The van der Waals surface area contributed by atoms with Crippen LogP contribution in [0.3, 0.4) is 0 Å². The standard InChI is InChI=1S/C19H41NO2/c1-7-10-11-12-16-22-19(8-2,9-3)14-17-21-18(4,5)13-15-20-6/h20H,7-17H2,1-6H3. The fourth-order valence-corrected chi connectivity index (χ4v) is 2.71. The van der Waals surface area contributed by atoms with E-state index < -0.39 is 0 Å². The molecule has 0 bridgehead atoms. The lowest BCUT2D eigenvalue weighted by molar-refractivity contribution is -0.0944. The number of hydrogen-bond acceptors (Lipinski definition) is 3. The van der Waals surface area contributed by atoms with E-state index in [2.05, 4.69) is 39.9 Å². The molecule has 0 amide bonds. The van der Waals surface area contributed by atoms with Crippen molar-refractivity contribution in [1.82, 2.24) is 5.32 Å². The minimum Gasteiger partial charge on any atom is -0.375 e. The largest absolute Gasteiger partial charge is 0.375 e. The molecule has 22 heavy (non-hydrogen) atoms. The van der Waals surface area contributed by atoms with Gasteiger partial charge in [0.15, 0.2) is 0 Å². The minimum atomic E-state index is -0.0582. The highest BCUT2D eigenvalue weighted by Crippen LogP contribution is 2.27. The quantitative estimate of drug-likeness (QED) is 0.434. The third-order valence-corrected chi connectivity index (χ3v) is 4.72. The summed E-state index contributed by atoms with van der Waals surface area (Å²) >= 11 is 0. The molecule has 0 saturated carbocycles. The molecule has 0 aromatic rings. The highest BCUT2D eigenvalue weighted by atomic mass is 16.5. The van der Waals surface area contributed by atoms with Crippen LogP contribution in [-0.2, 0) is 9.47 Å². The SMILES string of the molecule is CCCCCCOC(CC)(CC)CCOC(C)(C)CCNC. The van der Waals surface area contributed by atoms with Crippen LogP contribution in [0.25, 0.3) is 0 Å². The van der Waals surface area contributed by atoms with Crippen LogP contribution in [0.2, 0.25) is 0 Å². The van der Waals surface area contributed by atoms with Crippen molar-refractivity contribution in [2.75, 3.05) is 26.8 Å². The van der Waals surface area contributed by atoms with Crippen LogP contribution in [0.4, 0.5) is 0 Å². The molecule has 1 N–H and O–H groups in total. The number of nitrogens with one attached hydrogen (secondary N) is 1. The molecule has 134 valence electrons. The smallest absolute Gasteiger partial charge is 0.0699 e. The summed E-state index contributed by atoms with van der Waals surface area (Å²) in [6.45, 7) is 13.7. The van der Waals surface area contributed by atoms with Crippen molar-refractivity contribution >= 4 is 0 Å². The molecule has 0 aromatic heterocycles. The van der Waals surface area contributed by atoms with Crippen molar-refractivity contribution < 1.29 is 9.47 Å². The summed E-state index contributed by atoms with van der Waals surface area (Å²) in [5, 5.41) is 3.19. The van der Waals surface area contributed by atoms with E-state index in [-0.39, 0.29) is 11.2 Å². The zero-order valence-electron chi connectivity index (χ0n) is 16.1. The van der Waals surface area contributed by atoms with E-state index in [1.54, 1.807) is 0 Å². The highest BCUT2D eigenvalue weighted by molar-refractivity contribution is 4.79. The van der Waals surface area contributed by atoms with Gasteiger partial charge in [-0.25, -0.2) is 0 Å². The second kappa shape index (κ2) is 12.3. The van der Waals surface area contributed by atoms with Gasteiger partial charge in [-0.3, -0.25) is 0 Å². The lowest BCUT2D eigenvalue weighted by Gasteiger charge is -2.34. The molecule has 0 heterocycles. The predicted octanol–water partition coefficient (Wildman–Crippen LogP) is 4.94. The van der Waals surface area contributed by atoms with E-state index in [1.165, 1.54) is 25.7 Å². The monoisotopic (exact) mass is 315 g/mol. The van der Waals surface area contributed by atoms with Crippen LogP contribution in [0.15, 0.2) is 0 Å². The maximum absolute atomic E-state index is 6.28. The van der Waals surface area contributed by atoms with Crippen LogP contribution in [0.1, 0.15) is 86.0 Å². The second-order valence-corrected chi connectivity index (χ2v) is 7.01. The zero-order chi connectivity index (χ0) is 16.9. The molecule has 3 nitrogen and oxygen atoms in total. The topological polar surface area (TPSA) is 30.5 Å². The summed E-state index contributed by atoms with van der Waals surface area (Å²) in [5.74, 6) is 0. The Bertz CT molecular complexity index is 250. The first kappa shape index (κ1) is 21.9. The fraction of sp³-hybridized carbons (Fsp3) is 1.00. The van der Waals surface area contributed by atoms with Crippen LogP contribution in [0, 0.1) is 0 Å². The molecule has 0 unspecified atom stereocenters. The van der Waals surface area contributed by atoms with Crippen molar-refractivity contribution in [3.8, 4) is 0 Å². The van der Waals surface area contributed by atoms with Gasteiger partial charge in [-0.15, -0.1) is 0 Å². The molecule has 0 atom stereocenters. The van der Waals surface area contributed by atoms with Gasteiger partial charge in [0.2, 0.25) is 0 Å². The average molecular weight is 316 g/mol. The molecule has 0 radical (unpaired) electrons. The first-order valence-electron chi connectivity index (χ1n) is 9.37. The lowest BCUT2D eigenvalue weighted by Crippen LogP contribution is -2.36. The summed E-state index contributed by atoms with van der Waals surface area (Å²) in [6, 6.07) is 0. The lowest BCUT2D eigenvalue weighted by atomic mass is 9.93. The Kier molecular flexibility index (Phi) is 12.3. The molecule has 0 aliphatic rings. The second-order valence-electron chi connectivity index (χ2n) is 7.01. The molecule has 0 fully saturated rings. The normalized spacial score (nSPS) is 12.8. The number of unbranched alkanes of at least 4 members (excludes halogenated alkanes) is 3. The Morgan fingerprint density at radius 3 is 2.05 bits per heavy atom. The van der Waals surface area contributed by atoms with Gasteiger partial charge in [0.05, 0.1) is 17.8 Å². The Hall–Kier alpha value is -0.120. The Morgan fingerprint density at radius 1 is 0.818 bits per heavy atom. The predicted molar refractivity (Wildman–Crippen MR) is 96.6 cm³/mol. The third kappa shape index (κ3) is 9.81. The van der Waals surface area contributed by atoms with Gasteiger partial charge in [-0.1, -0.05) is 40.0 Å². The number of hydrogen-bond donors (Lipinski definition) is 1. The van der Waals surface area contributed by atoms with E-state index in [4.69, 9.17) is 9.47 Å². The zero-order valence-corrected chi connectivity index (χ0v) is 16.1. The summed E-state index contributed by atoms with van der Waals surface area (Å²) in [7, 11) is 1.99. The van der Waals surface area contributed by atoms with Crippen LogP contribution >= 0.6 is 0 Å². The Morgan fingerprint density at radius 2 is 1.50 bits per heavy atom. The summed E-state index contributed by atoms with van der Waals surface area (Å²) in [4.78, 5) is 0. The number of ether oxygens (including phenoxy) is 2. The molecule has 3 heteroatoms. The third-order valence-electron chi connectivity index (χ3n) is 4.72. The summed E-state index contributed by atoms with van der Waals surface area (Å²) in [6.07, 6.45) is 9.23. The Balaban J connectivity index is 4.15. The van der Waals surface area contributed by atoms with E-state index in [1.807, 2.05) is 7.05 Å². The molecule has 0 rings (SSSR count). The molecule has 0 aliphatic heterocycles. The van der Waals surface area contributed by atoms with Crippen molar-refractivity contribution in [3.05, 3.63) is 0 Å². The summed E-state index contributed by atoms with van der Waals surface area (Å²) in [5.41, 5.74) is -0.0529. The maximum Gasteiger partial charge on any atom is 0.0699 e. The van der Waals surface area contributed by atoms with Gasteiger partial charge in [-0.05, 0) is 59.5 Å². The minimum absolute atomic E-state index is 0.00526. The van der Waals surface area contributed by atoms with Crippen molar-refractivity contribution in [3.63, 3.8) is 0 Å². The molecule has 0 aliphatic carbocycles. The van der Waals surface area contributed by atoms with Gasteiger partial charge >= 0.3 is 0 Å². The Labute approximate surface area is 139 Å². The maximum atomic E-state index is 6.28. The van der Waals surface area contributed by atoms with E-state index in [0.29, 0.717) is 0 Å². The van der Waals surface area contributed by atoms with Crippen molar-refractivity contribution in [2.45, 2.75) is 97.2 Å². The van der Waals surface area contributed by atoms with Gasteiger partial charge in [0.1, 0.15) is 0 Å². The van der Waals surface area contributed by atoms with E-state index >= 15 is 0 Å². The molecule has 0 saturated heterocycles. The first-order chi connectivity index (χ1) is 10.4. The van der Waals surface area contributed by atoms with E-state index in [9.17, 15) is 0 Å². The van der Waals surface area contributed by atoms with E-state index in [0.717, 1.165) is 45.4 Å².